The van der Waals surface area contributed by atoms with E-state index in [0.29, 0.717) is 18.6 Å². The van der Waals surface area contributed by atoms with E-state index in [-0.39, 0.29) is 12.2 Å². The molecule has 3 nitrogen and oxygen atoms in total. The largest absolute Gasteiger partial charge is 0.373 e. The zero-order valence-corrected chi connectivity index (χ0v) is 12.1. The van der Waals surface area contributed by atoms with E-state index in [1.54, 1.807) is 0 Å². The summed E-state index contributed by atoms with van der Waals surface area (Å²) in [5.41, 5.74) is 1.36. The summed E-state index contributed by atoms with van der Waals surface area (Å²) in [6.45, 7) is 9.37. The summed E-state index contributed by atoms with van der Waals surface area (Å²) in [6, 6.07) is 11.1. The van der Waals surface area contributed by atoms with Crippen LogP contribution in [0, 0.1) is 5.92 Å². The summed E-state index contributed by atoms with van der Waals surface area (Å²) in [7, 11) is 0. The van der Waals surface area contributed by atoms with Crippen LogP contribution in [0.4, 0.5) is 0 Å². The van der Waals surface area contributed by atoms with Crippen LogP contribution in [0.1, 0.15) is 12.5 Å². The third-order valence-electron chi connectivity index (χ3n) is 4.33. The van der Waals surface area contributed by atoms with E-state index in [4.69, 9.17) is 9.47 Å². The van der Waals surface area contributed by atoms with Crippen molar-refractivity contribution in [1.82, 2.24) is 4.90 Å². The van der Waals surface area contributed by atoms with Crippen molar-refractivity contribution in [3.63, 3.8) is 0 Å². The van der Waals surface area contributed by atoms with Gasteiger partial charge in [0, 0.05) is 19.1 Å². The number of benzene rings is 1. The first-order valence-electron chi connectivity index (χ1n) is 7.41. The molecule has 3 rings (SSSR count). The van der Waals surface area contributed by atoms with E-state index < -0.39 is 0 Å². The van der Waals surface area contributed by atoms with Crippen LogP contribution >= 0.6 is 0 Å². The van der Waals surface area contributed by atoms with Gasteiger partial charge in [0.15, 0.2) is 0 Å². The van der Waals surface area contributed by atoms with E-state index in [9.17, 15) is 0 Å². The van der Waals surface area contributed by atoms with Gasteiger partial charge in [-0.3, -0.25) is 4.90 Å². The van der Waals surface area contributed by atoms with Gasteiger partial charge < -0.3 is 9.47 Å². The minimum absolute atomic E-state index is 0.173. The molecule has 0 aliphatic carbocycles. The quantitative estimate of drug-likeness (QED) is 0.769. The van der Waals surface area contributed by atoms with Crippen molar-refractivity contribution < 1.29 is 9.47 Å². The van der Waals surface area contributed by atoms with Crippen LogP contribution in [0.2, 0.25) is 0 Å². The smallest absolute Gasteiger partial charge is 0.101 e. The lowest BCUT2D eigenvalue weighted by molar-refractivity contribution is -0.0206. The van der Waals surface area contributed by atoms with Crippen molar-refractivity contribution >= 4 is 0 Å². The Hall–Kier alpha value is -1.16. The highest BCUT2D eigenvalue weighted by Gasteiger charge is 2.49. The summed E-state index contributed by atoms with van der Waals surface area (Å²) < 4.78 is 11.9. The molecular weight excluding hydrogens is 250 g/mol. The third kappa shape index (κ3) is 2.66. The second kappa shape index (κ2) is 6.08. The highest BCUT2D eigenvalue weighted by Crippen LogP contribution is 2.35. The summed E-state index contributed by atoms with van der Waals surface area (Å²) in [5.74, 6) is 0.570. The van der Waals surface area contributed by atoms with Gasteiger partial charge in [0.2, 0.25) is 0 Å². The number of ether oxygens (including phenoxy) is 2. The Bertz CT molecular complexity index is 448. The molecule has 2 aliphatic heterocycles. The molecule has 0 saturated carbocycles. The fourth-order valence-electron chi connectivity index (χ4n) is 3.46. The molecule has 0 spiro atoms. The standard InChI is InChI=1S/C17H23NO2/c1-3-9-19-15-11-18(10-14-7-5-4-6-8-14)16-13(2)12-20-17(15)16/h3-8,13,15-17H,1,9-12H2,2H3/t13-,15-,16+,17+/m0/s1. The monoisotopic (exact) mass is 273 g/mol. The zero-order valence-electron chi connectivity index (χ0n) is 12.1. The van der Waals surface area contributed by atoms with E-state index in [0.717, 1.165) is 19.7 Å². The maximum absolute atomic E-state index is 5.97. The summed E-state index contributed by atoms with van der Waals surface area (Å²) in [6.07, 6.45) is 2.20. The minimum Gasteiger partial charge on any atom is -0.373 e. The number of fused-ring (bicyclic) bond motifs is 1. The van der Waals surface area contributed by atoms with Gasteiger partial charge in [-0.05, 0) is 11.5 Å². The van der Waals surface area contributed by atoms with E-state index >= 15 is 0 Å². The number of nitrogens with zero attached hydrogens (tertiary/aromatic N) is 1. The molecule has 2 saturated heterocycles. The van der Waals surface area contributed by atoms with Gasteiger partial charge in [0.05, 0.1) is 19.3 Å². The van der Waals surface area contributed by atoms with Crippen LogP contribution in [0.3, 0.4) is 0 Å². The third-order valence-corrected chi connectivity index (χ3v) is 4.33. The molecule has 0 unspecified atom stereocenters. The predicted octanol–water partition coefficient (Wildman–Crippen LogP) is 2.48. The molecule has 20 heavy (non-hydrogen) atoms. The molecule has 4 atom stereocenters. The SMILES string of the molecule is C=CCO[C@H]1CN(Cc2ccccc2)[C@H]2[C@@H]1OC[C@@H]2C. The summed E-state index contributed by atoms with van der Waals surface area (Å²) in [4.78, 5) is 2.52. The maximum Gasteiger partial charge on any atom is 0.101 e. The first-order chi connectivity index (χ1) is 9.79. The van der Waals surface area contributed by atoms with Crippen LogP contribution < -0.4 is 0 Å². The fraction of sp³-hybridized carbons (Fsp3) is 0.529. The number of rotatable bonds is 5. The van der Waals surface area contributed by atoms with Gasteiger partial charge in [0.1, 0.15) is 6.10 Å². The fourth-order valence-corrected chi connectivity index (χ4v) is 3.46. The lowest BCUT2D eigenvalue weighted by Crippen LogP contribution is -2.36. The molecule has 0 aromatic heterocycles. The highest BCUT2D eigenvalue weighted by atomic mass is 16.5. The van der Waals surface area contributed by atoms with E-state index in [1.165, 1.54) is 5.56 Å². The molecule has 2 heterocycles. The van der Waals surface area contributed by atoms with Crippen molar-refractivity contribution in [1.29, 1.82) is 0 Å². The Morgan fingerprint density at radius 1 is 1.40 bits per heavy atom. The molecule has 0 bridgehead atoms. The number of hydrogen-bond acceptors (Lipinski definition) is 3. The van der Waals surface area contributed by atoms with Gasteiger partial charge in [-0.1, -0.05) is 43.3 Å². The second-order valence-corrected chi connectivity index (χ2v) is 5.84. The topological polar surface area (TPSA) is 21.7 Å². The van der Waals surface area contributed by atoms with Gasteiger partial charge >= 0.3 is 0 Å². The molecule has 0 N–H and O–H groups in total. The number of likely N-dealkylation sites (tertiary alicyclic amines) is 1. The molecule has 0 radical (unpaired) electrons. The van der Waals surface area contributed by atoms with Crippen molar-refractivity contribution in [3.8, 4) is 0 Å². The molecule has 2 fully saturated rings. The van der Waals surface area contributed by atoms with Crippen LogP contribution in [-0.2, 0) is 16.0 Å². The normalized spacial score (nSPS) is 33.2. The average molecular weight is 273 g/mol. The van der Waals surface area contributed by atoms with E-state index in [1.807, 2.05) is 6.08 Å². The molecular formula is C17H23NO2. The average Bonchev–Trinajstić information content (AvgIpc) is 3.00. The van der Waals surface area contributed by atoms with Gasteiger partial charge in [-0.25, -0.2) is 0 Å². The zero-order chi connectivity index (χ0) is 13.9. The molecule has 0 amide bonds. The lowest BCUT2D eigenvalue weighted by atomic mass is 10.0. The molecule has 2 aliphatic rings. The second-order valence-electron chi connectivity index (χ2n) is 5.84. The Morgan fingerprint density at radius 3 is 2.95 bits per heavy atom. The van der Waals surface area contributed by atoms with Crippen LogP contribution in [0.5, 0.6) is 0 Å². The number of hydrogen-bond donors (Lipinski definition) is 0. The maximum atomic E-state index is 5.97. The van der Waals surface area contributed by atoms with Crippen LogP contribution in [0.25, 0.3) is 0 Å². The van der Waals surface area contributed by atoms with Crippen molar-refractivity contribution in [2.75, 3.05) is 19.8 Å². The Kier molecular flexibility index (Phi) is 4.20. The van der Waals surface area contributed by atoms with Crippen molar-refractivity contribution in [3.05, 3.63) is 48.6 Å². The summed E-state index contributed by atoms with van der Waals surface area (Å²) in [5, 5.41) is 0. The molecule has 108 valence electrons. The lowest BCUT2D eigenvalue weighted by Gasteiger charge is -2.25. The Balaban J connectivity index is 1.72. The van der Waals surface area contributed by atoms with Gasteiger partial charge in [-0.15, -0.1) is 6.58 Å². The summed E-state index contributed by atoms with van der Waals surface area (Å²) >= 11 is 0. The molecule has 1 aromatic rings. The molecule has 3 heteroatoms. The van der Waals surface area contributed by atoms with Crippen LogP contribution in [-0.4, -0.2) is 42.9 Å². The van der Waals surface area contributed by atoms with Gasteiger partial charge in [0.25, 0.3) is 0 Å². The van der Waals surface area contributed by atoms with E-state index in [2.05, 4.69) is 48.7 Å². The minimum atomic E-state index is 0.173. The Morgan fingerprint density at radius 2 is 2.20 bits per heavy atom. The van der Waals surface area contributed by atoms with Crippen molar-refractivity contribution in [2.45, 2.75) is 31.7 Å². The first kappa shape index (κ1) is 13.8. The Labute approximate surface area is 121 Å². The first-order valence-corrected chi connectivity index (χ1v) is 7.41. The van der Waals surface area contributed by atoms with Gasteiger partial charge in [-0.2, -0.15) is 0 Å². The van der Waals surface area contributed by atoms with Crippen molar-refractivity contribution in [2.24, 2.45) is 5.92 Å². The highest BCUT2D eigenvalue weighted by molar-refractivity contribution is 5.16. The predicted molar refractivity (Wildman–Crippen MR) is 79.5 cm³/mol. The molecule has 1 aromatic carbocycles. The van der Waals surface area contributed by atoms with Crippen LogP contribution in [0.15, 0.2) is 43.0 Å².